The zero-order chi connectivity index (χ0) is 21.5. The second-order valence-corrected chi connectivity index (χ2v) is 12.4. The largest absolute Gasteiger partial charge is 0.118 e. The third kappa shape index (κ3) is 2.77. The minimum absolute atomic E-state index is 0.00757. The van der Waals surface area contributed by atoms with E-state index in [2.05, 4.69) is 110 Å². The molecule has 0 saturated carbocycles. The first-order chi connectivity index (χ1) is 14.1. The summed E-state index contributed by atoms with van der Waals surface area (Å²) in [5.74, 6) is 0.380. The van der Waals surface area contributed by atoms with Crippen LogP contribution >= 0.6 is 43.6 Å². The number of hydrogen-bond donors (Lipinski definition) is 0. The highest BCUT2D eigenvalue weighted by molar-refractivity contribution is 9.12. The SMILES string of the molecule is CC1=Cc2c(Br)cccc2C1C(C)(C)C1=C(C)C=C2C1=CC1SC(C)=C(C)C1=C2Br. The van der Waals surface area contributed by atoms with E-state index in [0.29, 0.717) is 11.2 Å². The third-order valence-electron chi connectivity index (χ3n) is 7.22. The van der Waals surface area contributed by atoms with Gasteiger partial charge in [0.25, 0.3) is 0 Å². The molecule has 0 aromatic heterocycles. The molecule has 0 radical (unpaired) electrons. The van der Waals surface area contributed by atoms with Gasteiger partial charge in [-0.15, -0.1) is 11.8 Å². The lowest BCUT2D eigenvalue weighted by atomic mass is 9.65. The molecule has 2 unspecified atom stereocenters. The maximum absolute atomic E-state index is 4.00. The van der Waals surface area contributed by atoms with Gasteiger partial charge in [-0.2, -0.15) is 0 Å². The number of rotatable bonds is 2. The molecule has 0 spiro atoms. The van der Waals surface area contributed by atoms with Crippen LogP contribution in [-0.4, -0.2) is 5.25 Å². The van der Waals surface area contributed by atoms with Crippen LogP contribution in [0.25, 0.3) is 6.08 Å². The Balaban J connectivity index is 1.62. The van der Waals surface area contributed by atoms with Gasteiger partial charge in [-0.1, -0.05) is 59.6 Å². The summed E-state index contributed by atoms with van der Waals surface area (Å²) in [5.41, 5.74) is 12.8. The van der Waals surface area contributed by atoms with Crippen molar-refractivity contribution in [3.63, 3.8) is 0 Å². The molecule has 1 aliphatic heterocycles. The molecule has 0 bridgehead atoms. The Labute approximate surface area is 201 Å². The Morgan fingerprint density at radius 1 is 0.967 bits per heavy atom. The van der Waals surface area contributed by atoms with E-state index in [4.69, 9.17) is 0 Å². The number of thioether (sulfide) groups is 1. The summed E-state index contributed by atoms with van der Waals surface area (Å²) in [4.78, 5) is 1.44. The zero-order valence-corrected chi connectivity index (χ0v) is 22.3. The summed E-state index contributed by atoms with van der Waals surface area (Å²) < 4.78 is 2.49. The van der Waals surface area contributed by atoms with Crippen LogP contribution in [0, 0.1) is 5.41 Å². The number of benzene rings is 1. The van der Waals surface area contributed by atoms with Crippen LogP contribution < -0.4 is 0 Å². The van der Waals surface area contributed by atoms with Crippen LogP contribution in [0.4, 0.5) is 0 Å². The predicted molar refractivity (Wildman–Crippen MR) is 139 cm³/mol. The van der Waals surface area contributed by atoms with E-state index in [1.54, 1.807) is 0 Å². The molecule has 4 aliphatic rings. The quantitative estimate of drug-likeness (QED) is 0.359. The molecule has 1 aromatic rings. The van der Waals surface area contributed by atoms with Gasteiger partial charge >= 0.3 is 0 Å². The van der Waals surface area contributed by atoms with Gasteiger partial charge in [0, 0.05) is 20.3 Å². The summed E-state index contributed by atoms with van der Waals surface area (Å²) in [6.07, 6.45) is 7.30. The highest BCUT2D eigenvalue weighted by Crippen LogP contribution is 2.60. The molecule has 30 heavy (non-hydrogen) atoms. The van der Waals surface area contributed by atoms with Gasteiger partial charge < -0.3 is 0 Å². The minimum atomic E-state index is -0.00757. The van der Waals surface area contributed by atoms with Crippen molar-refractivity contribution < 1.29 is 0 Å². The number of halogens is 2. The van der Waals surface area contributed by atoms with E-state index in [1.165, 1.54) is 64.0 Å². The fraction of sp³-hybridized carbons (Fsp3) is 0.333. The van der Waals surface area contributed by atoms with Crippen molar-refractivity contribution in [2.24, 2.45) is 5.41 Å². The second-order valence-electron chi connectivity index (χ2n) is 9.43. The molecule has 0 nitrogen and oxygen atoms in total. The van der Waals surface area contributed by atoms with Crippen molar-refractivity contribution in [3.05, 3.63) is 94.4 Å². The van der Waals surface area contributed by atoms with Gasteiger partial charge in [0.05, 0.1) is 5.25 Å². The Kier molecular flexibility index (Phi) is 4.85. The molecular weight excluding hydrogens is 516 g/mol. The van der Waals surface area contributed by atoms with Gasteiger partial charge in [0.1, 0.15) is 0 Å². The molecule has 0 amide bonds. The van der Waals surface area contributed by atoms with Gasteiger partial charge in [0.15, 0.2) is 0 Å². The Hall–Kier alpha value is -1.03. The highest BCUT2D eigenvalue weighted by Gasteiger charge is 2.45. The topological polar surface area (TPSA) is 0 Å². The van der Waals surface area contributed by atoms with Crippen LogP contribution in [0.5, 0.6) is 0 Å². The molecule has 0 N–H and O–H groups in total. The standard InChI is InChI=1S/C27H26Br2S/c1-13-10-18-17(8-7-9-21(18)28)24(13)27(5,6)25-14(2)11-20-19(25)12-22-23(26(20)29)15(3)16(4)30-22/h7-12,22,24H,1-6H3. The van der Waals surface area contributed by atoms with E-state index in [0.717, 1.165) is 0 Å². The summed E-state index contributed by atoms with van der Waals surface area (Å²) in [6.45, 7) is 14.0. The van der Waals surface area contributed by atoms with Crippen LogP contribution in [0.15, 0.2) is 83.2 Å². The monoisotopic (exact) mass is 540 g/mol. The van der Waals surface area contributed by atoms with Crippen molar-refractivity contribution in [2.45, 2.75) is 52.7 Å². The summed E-state index contributed by atoms with van der Waals surface area (Å²) in [6, 6.07) is 6.64. The van der Waals surface area contributed by atoms with Crippen molar-refractivity contribution in [1.82, 2.24) is 0 Å². The average Bonchev–Trinajstić information content (AvgIpc) is 3.28. The van der Waals surface area contributed by atoms with Gasteiger partial charge in [0.2, 0.25) is 0 Å². The van der Waals surface area contributed by atoms with Crippen molar-refractivity contribution in [2.75, 3.05) is 0 Å². The number of hydrogen-bond acceptors (Lipinski definition) is 1. The summed E-state index contributed by atoms with van der Waals surface area (Å²) in [7, 11) is 0. The van der Waals surface area contributed by atoms with Crippen molar-refractivity contribution >= 4 is 49.7 Å². The first-order valence-corrected chi connectivity index (χ1v) is 13.0. The van der Waals surface area contributed by atoms with Gasteiger partial charge in [-0.3, -0.25) is 0 Å². The molecule has 3 aliphatic carbocycles. The molecule has 0 fully saturated rings. The molecule has 1 heterocycles. The smallest absolute Gasteiger partial charge is 0.0544 e. The fourth-order valence-electron chi connectivity index (χ4n) is 5.98. The Bertz CT molecular complexity index is 1200. The van der Waals surface area contributed by atoms with Crippen LogP contribution in [-0.2, 0) is 0 Å². The van der Waals surface area contributed by atoms with Crippen molar-refractivity contribution in [3.8, 4) is 0 Å². The van der Waals surface area contributed by atoms with Crippen LogP contribution in [0.3, 0.4) is 0 Å². The minimum Gasteiger partial charge on any atom is -0.118 e. The zero-order valence-electron chi connectivity index (χ0n) is 18.3. The van der Waals surface area contributed by atoms with Gasteiger partial charge in [-0.05, 0) is 105 Å². The molecule has 5 rings (SSSR count). The first kappa shape index (κ1) is 20.8. The Morgan fingerprint density at radius 2 is 1.70 bits per heavy atom. The van der Waals surface area contributed by atoms with Crippen LogP contribution in [0.2, 0.25) is 0 Å². The number of fused-ring (bicyclic) bond motifs is 3. The van der Waals surface area contributed by atoms with Gasteiger partial charge in [-0.25, -0.2) is 0 Å². The van der Waals surface area contributed by atoms with E-state index in [-0.39, 0.29) is 5.41 Å². The molecule has 1 aromatic carbocycles. The molecule has 154 valence electrons. The lowest BCUT2D eigenvalue weighted by Crippen LogP contribution is -2.27. The first-order valence-electron chi connectivity index (χ1n) is 10.5. The summed E-state index contributed by atoms with van der Waals surface area (Å²) >= 11 is 9.77. The highest BCUT2D eigenvalue weighted by atomic mass is 79.9. The second kappa shape index (κ2) is 6.98. The third-order valence-corrected chi connectivity index (χ3v) is 10.0. The van der Waals surface area contributed by atoms with Crippen molar-refractivity contribution in [1.29, 1.82) is 0 Å². The lowest BCUT2D eigenvalue weighted by Gasteiger charge is -2.38. The van der Waals surface area contributed by atoms with E-state index in [9.17, 15) is 0 Å². The lowest BCUT2D eigenvalue weighted by molar-refractivity contribution is 0.392. The summed E-state index contributed by atoms with van der Waals surface area (Å²) in [5, 5.41) is 0.421. The maximum Gasteiger partial charge on any atom is 0.0544 e. The maximum atomic E-state index is 4.00. The predicted octanol–water partition coefficient (Wildman–Crippen LogP) is 9.23. The molecule has 2 atom stereocenters. The van der Waals surface area contributed by atoms with E-state index < -0.39 is 0 Å². The van der Waals surface area contributed by atoms with Crippen LogP contribution in [0.1, 0.15) is 58.6 Å². The number of allylic oxidation sites excluding steroid dienone is 9. The normalized spacial score (nSPS) is 25.4. The molecular formula is C27H26Br2S. The average molecular weight is 542 g/mol. The molecule has 3 heteroatoms. The molecule has 0 saturated heterocycles. The van der Waals surface area contributed by atoms with E-state index >= 15 is 0 Å². The fourth-order valence-corrected chi connectivity index (χ4v) is 8.79. The van der Waals surface area contributed by atoms with E-state index in [1.807, 2.05) is 11.8 Å². The Morgan fingerprint density at radius 3 is 2.43 bits per heavy atom.